The molecule has 1 fully saturated rings. The van der Waals surface area contributed by atoms with Gasteiger partial charge in [0.25, 0.3) is 0 Å². The van der Waals surface area contributed by atoms with Crippen LogP contribution in [0.3, 0.4) is 0 Å². The Morgan fingerprint density at radius 1 is 1.00 bits per heavy atom. The third-order valence-corrected chi connectivity index (χ3v) is 8.60. The van der Waals surface area contributed by atoms with E-state index in [9.17, 15) is 0 Å². The zero-order chi connectivity index (χ0) is 10.2. The maximum absolute atomic E-state index is 5.73. The third-order valence-electron chi connectivity index (χ3n) is 3.73. The minimum atomic E-state index is -1.91. The lowest BCUT2D eigenvalue weighted by Gasteiger charge is -2.31. The van der Waals surface area contributed by atoms with Gasteiger partial charge in [-0.3, -0.25) is 0 Å². The van der Waals surface area contributed by atoms with Gasteiger partial charge in [0.15, 0.2) is 0 Å². The molecule has 0 bridgehead atoms. The summed E-state index contributed by atoms with van der Waals surface area (Å²) in [4.78, 5) is 0. The minimum Gasteiger partial charge on any atom is -0.397 e. The van der Waals surface area contributed by atoms with Crippen molar-refractivity contribution in [2.75, 3.05) is 14.2 Å². The summed E-state index contributed by atoms with van der Waals surface area (Å²) >= 11 is 0. The number of hydrogen-bond acceptors (Lipinski definition) is 2. The van der Waals surface area contributed by atoms with Crippen LogP contribution >= 0.6 is 0 Å². The highest BCUT2D eigenvalue weighted by Crippen LogP contribution is 2.60. The van der Waals surface area contributed by atoms with Crippen molar-refractivity contribution in [3.63, 3.8) is 0 Å². The molecule has 3 heteroatoms. The summed E-state index contributed by atoms with van der Waals surface area (Å²) in [6.45, 7) is 9.04. The van der Waals surface area contributed by atoms with Gasteiger partial charge in [-0.05, 0) is 17.4 Å². The highest BCUT2D eigenvalue weighted by Gasteiger charge is 2.62. The van der Waals surface area contributed by atoms with E-state index < -0.39 is 8.56 Å². The smallest absolute Gasteiger partial charge is 0.344 e. The molecule has 0 aliphatic heterocycles. The minimum absolute atomic E-state index is 0.542. The first-order valence-electron chi connectivity index (χ1n) is 5.11. The topological polar surface area (TPSA) is 18.5 Å². The van der Waals surface area contributed by atoms with E-state index in [4.69, 9.17) is 8.85 Å². The summed E-state index contributed by atoms with van der Waals surface area (Å²) < 4.78 is 11.5. The Hall–Kier alpha value is 0.137. The molecule has 0 N–H and O–H groups in total. The molecule has 1 saturated carbocycles. The molecule has 2 unspecified atom stereocenters. The lowest BCUT2D eigenvalue weighted by Crippen LogP contribution is -2.44. The van der Waals surface area contributed by atoms with Crippen LogP contribution in [0.15, 0.2) is 0 Å². The largest absolute Gasteiger partial charge is 0.397 e. The van der Waals surface area contributed by atoms with E-state index in [1.54, 1.807) is 0 Å². The van der Waals surface area contributed by atoms with Gasteiger partial charge >= 0.3 is 8.56 Å². The Kier molecular flexibility index (Phi) is 3.20. The van der Waals surface area contributed by atoms with Crippen LogP contribution in [0, 0.1) is 11.8 Å². The normalized spacial score (nSPS) is 33.9. The van der Waals surface area contributed by atoms with Crippen molar-refractivity contribution in [2.24, 2.45) is 11.8 Å². The van der Waals surface area contributed by atoms with Gasteiger partial charge in [0.1, 0.15) is 0 Å². The van der Waals surface area contributed by atoms with Gasteiger partial charge in [0, 0.05) is 19.8 Å². The fraction of sp³-hybridized carbons (Fsp3) is 1.00. The van der Waals surface area contributed by atoms with Gasteiger partial charge in [0.2, 0.25) is 0 Å². The van der Waals surface area contributed by atoms with Crippen LogP contribution < -0.4 is 0 Å². The molecule has 0 spiro atoms. The number of hydrogen-bond donors (Lipinski definition) is 0. The Morgan fingerprint density at radius 3 is 1.46 bits per heavy atom. The summed E-state index contributed by atoms with van der Waals surface area (Å²) in [5.74, 6) is 1.57. The molecule has 0 saturated heterocycles. The zero-order valence-electron chi connectivity index (χ0n) is 9.63. The van der Waals surface area contributed by atoms with Gasteiger partial charge in [0.05, 0.1) is 0 Å². The molecule has 1 aliphatic carbocycles. The summed E-state index contributed by atoms with van der Waals surface area (Å²) in [6.07, 6.45) is 0. The van der Waals surface area contributed by atoms with Crippen LogP contribution in [0.25, 0.3) is 0 Å². The second kappa shape index (κ2) is 3.71. The summed E-state index contributed by atoms with van der Waals surface area (Å²) in [6, 6.07) is 0. The second-order valence-corrected chi connectivity index (χ2v) is 8.61. The molecule has 0 aromatic carbocycles. The molecule has 78 valence electrons. The molecule has 1 aliphatic rings. The molecule has 2 atom stereocenters. The van der Waals surface area contributed by atoms with Gasteiger partial charge in [-0.25, -0.2) is 0 Å². The van der Waals surface area contributed by atoms with Crippen LogP contribution in [0.4, 0.5) is 0 Å². The van der Waals surface area contributed by atoms with Crippen molar-refractivity contribution in [2.45, 2.75) is 38.8 Å². The van der Waals surface area contributed by atoms with Crippen molar-refractivity contribution in [1.29, 1.82) is 0 Å². The molecule has 13 heavy (non-hydrogen) atoms. The third kappa shape index (κ3) is 1.58. The quantitative estimate of drug-likeness (QED) is 0.653. The van der Waals surface area contributed by atoms with Crippen LogP contribution in [0.2, 0.25) is 11.1 Å². The molecule has 0 aromatic rings. The first-order valence-corrected chi connectivity index (χ1v) is 7.08. The van der Waals surface area contributed by atoms with Gasteiger partial charge in [-0.2, -0.15) is 0 Å². The molecular weight excluding hydrogens is 180 g/mol. The van der Waals surface area contributed by atoms with Crippen LogP contribution in [0.5, 0.6) is 0 Å². The van der Waals surface area contributed by atoms with Crippen molar-refractivity contribution in [1.82, 2.24) is 0 Å². The highest BCUT2D eigenvalue weighted by molar-refractivity contribution is 6.71. The maximum Gasteiger partial charge on any atom is 0.344 e. The Morgan fingerprint density at radius 2 is 1.38 bits per heavy atom. The van der Waals surface area contributed by atoms with E-state index in [1.165, 1.54) is 0 Å². The van der Waals surface area contributed by atoms with E-state index in [0.717, 1.165) is 11.8 Å². The van der Waals surface area contributed by atoms with Gasteiger partial charge in [-0.15, -0.1) is 0 Å². The van der Waals surface area contributed by atoms with E-state index in [2.05, 4.69) is 27.7 Å². The van der Waals surface area contributed by atoms with Crippen molar-refractivity contribution < 1.29 is 8.85 Å². The SMILES string of the molecule is CO[Si](OC)(C(C)C)C1C(C)C1C. The lowest BCUT2D eigenvalue weighted by molar-refractivity contribution is 0.227. The molecule has 0 radical (unpaired) electrons. The molecular formula is C10H22O2Si. The summed E-state index contributed by atoms with van der Waals surface area (Å²) in [5, 5.41) is 0. The van der Waals surface area contributed by atoms with E-state index in [-0.39, 0.29) is 0 Å². The molecule has 1 rings (SSSR count). The van der Waals surface area contributed by atoms with Crippen molar-refractivity contribution in [3.8, 4) is 0 Å². The van der Waals surface area contributed by atoms with E-state index in [0.29, 0.717) is 11.1 Å². The van der Waals surface area contributed by atoms with E-state index in [1.807, 2.05) is 14.2 Å². The van der Waals surface area contributed by atoms with Crippen LogP contribution in [-0.2, 0) is 8.85 Å². The predicted octanol–water partition coefficient (Wildman–Crippen LogP) is 2.79. The summed E-state index contributed by atoms with van der Waals surface area (Å²) in [5.41, 5.74) is 1.24. The van der Waals surface area contributed by atoms with E-state index >= 15 is 0 Å². The van der Waals surface area contributed by atoms with Crippen molar-refractivity contribution in [3.05, 3.63) is 0 Å². The Bertz CT molecular complexity index is 170. The van der Waals surface area contributed by atoms with Crippen molar-refractivity contribution >= 4 is 8.56 Å². The fourth-order valence-corrected chi connectivity index (χ4v) is 6.99. The second-order valence-electron chi connectivity index (χ2n) is 4.53. The predicted molar refractivity (Wildman–Crippen MR) is 56.9 cm³/mol. The molecule has 0 amide bonds. The highest BCUT2D eigenvalue weighted by atomic mass is 28.4. The first kappa shape index (κ1) is 11.2. The van der Waals surface area contributed by atoms with Gasteiger partial charge in [-0.1, -0.05) is 27.7 Å². The Labute approximate surface area is 82.9 Å². The zero-order valence-corrected chi connectivity index (χ0v) is 10.6. The van der Waals surface area contributed by atoms with Gasteiger partial charge < -0.3 is 8.85 Å². The standard InChI is InChI=1S/C10H22O2Si/c1-7(2)13(11-5,12-6)10-8(3)9(10)4/h7-10H,1-6H3. The molecule has 0 aromatic heterocycles. The molecule has 2 nitrogen and oxygen atoms in total. The maximum atomic E-state index is 5.73. The average molecular weight is 202 g/mol. The van der Waals surface area contributed by atoms with Crippen LogP contribution in [-0.4, -0.2) is 22.8 Å². The van der Waals surface area contributed by atoms with Crippen LogP contribution in [0.1, 0.15) is 27.7 Å². The number of rotatable bonds is 4. The lowest BCUT2D eigenvalue weighted by atomic mass is 10.4. The average Bonchev–Trinajstić information content (AvgIpc) is 2.66. The molecule has 0 heterocycles. The first-order chi connectivity index (χ1) is 6.01. The Balaban J connectivity index is 2.79. The summed E-state index contributed by atoms with van der Waals surface area (Å²) in [7, 11) is 1.71. The monoisotopic (exact) mass is 202 g/mol. The fourth-order valence-electron chi connectivity index (χ4n) is 2.61.